The Hall–Kier alpha value is -1.43. The zero-order chi connectivity index (χ0) is 15.2. The highest BCUT2D eigenvalue weighted by Crippen LogP contribution is 2.12. The van der Waals surface area contributed by atoms with Crippen molar-refractivity contribution >= 4 is 17.7 Å². The molecule has 0 aromatic rings. The van der Waals surface area contributed by atoms with Crippen molar-refractivity contribution in [2.75, 3.05) is 14.2 Å². The zero-order valence-electron chi connectivity index (χ0n) is 12.8. The molecule has 0 aromatic heterocycles. The summed E-state index contributed by atoms with van der Waals surface area (Å²) in [6, 6.07) is 0. The fourth-order valence-electron chi connectivity index (χ4n) is 1.32. The Morgan fingerprint density at radius 1 is 1.26 bits per heavy atom. The topological polar surface area (TPSA) is 68.2 Å². The van der Waals surface area contributed by atoms with Gasteiger partial charge in [0.25, 0.3) is 0 Å². The molecular weight excluding hydrogens is 248 g/mol. The maximum atomic E-state index is 12.1. The van der Waals surface area contributed by atoms with Crippen LogP contribution in [0.2, 0.25) is 0 Å². The quantitative estimate of drug-likeness (QED) is 0.582. The molecule has 2 amide bonds. The van der Waals surface area contributed by atoms with Crippen LogP contribution in [0, 0.1) is 5.92 Å². The van der Waals surface area contributed by atoms with E-state index in [1.807, 2.05) is 13.8 Å². The summed E-state index contributed by atoms with van der Waals surface area (Å²) in [5, 5.41) is 0.593. The van der Waals surface area contributed by atoms with Crippen LogP contribution in [-0.2, 0) is 14.4 Å². The van der Waals surface area contributed by atoms with Crippen LogP contribution < -0.4 is 0 Å². The first-order chi connectivity index (χ1) is 8.62. The predicted octanol–water partition coefficient (Wildman–Crippen LogP) is 2.43. The Labute approximate surface area is 114 Å². The molecule has 0 fully saturated rings. The van der Waals surface area contributed by atoms with Crippen molar-refractivity contribution in [2.24, 2.45) is 10.9 Å². The first-order valence-corrected chi connectivity index (χ1v) is 6.19. The minimum absolute atomic E-state index is 0.250. The molecule has 0 aliphatic rings. The largest absolute Gasteiger partial charge is 0.442 e. The van der Waals surface area contributed by atoms with E-state index in [1.165, 1.54) is 14.2 Å². The molecule has 0 unspecified atom stereocenters. The fraction of sp³-hybridized carbons (Fsp3) is 0.769. The Morgan fingerprint density at radius 2 is 1.79 bits per heavy atom. The van der Waals surface area contributed by atoms with Gasteiger partial charge in [0.1, 0.15) is 11.3 Å². The number of carbonyl (C=O) groups is 2. The second-order valence-corrected chi connectivity index (χ2v) is 5.53. The Kier molecular flexibility index (Phi) is 6.69. The van der Waals surface area contributed by atoms with E-state index in [-0.39, 0.29) is 11.6 Å². The lowest BCUT2D eigenvalue weighted by molar-refractivity contribution is -0.161. The fourth-order valence-corrected chi connectivity index (χ4v) is 1.32. The Balaban J connectivity index is 4.95. The molecule has 0 rings (SSSR count). The SMILES string of the molecule is CN=C(CC(C)C)C(=O)N(OC)C(=O)OC(C)(C)C. The van der Waals surface area contributed by atoms with E-state index in [9.17, 15) is 9.59 Å². The lowest BCUT2D eigenvalue weighted by Crippen LogP contribution is -2.43. The number of hydrogen-bond donors (Lipinski definition) is 0. The molecule has 0 N–H and O–H groups in total. The van der Waals surface area contributed by atoms with Gasteiger partial charge >= 0.3 is 12.0 Å². The van der Waals surface area contributed by atoms with Crippen molar-refractivity contribution < 1.29 is 19.2 Å². The maximum Gasteiger partial charge on any atom is 0.442 e. The summed E-state index contributed by atoms with van der Waals surface area (Å²) in [4.78, 5) is 32.7. The van der Waals surface area contributed by atoms with E-state index < -0.39 is 17.6 Å². The molecule has 0 bridgehead atoms. The average molecular weight is 272 g/mol. The highest BCUT2D eigenvalue weighted by molar-refractivity contribution is 6.40. The molecule has 0 heterocycles. The van der Waals surface area contributed by atoms with Gasteiger partial charge in [-0.2, -0.15) is 0 Å². The Bertz CT molecular complexity index is 356. The summed E-state index contributed by atoms with van der Waals surface area (Å²) in [6.45, 7) is 9.07. The standard InChI is InChI=1S/C13H24N2O4/c1-9(2)8-10(14-6)11(16)15(18-7)12(17)19-13(3,4)5/h9H,8H2,1-7H3. The number of nitrogens with zero attached hydrogens (tertiary/aromatic N) is 2. The molecule has 0 saturated carbocycles. The molecule has 110 valence electrons. The van der Waals surface area contributed by atoms with Gasteiger partial charge in [-0.3, -0.25) is 14.6 Å². The number of rotatable bonds is 4. The summed E-state index contributed by atoms with van der Waals surface area (Å²) >= 11 is 0. The van der Waals surface area contributed by atoms with Crippen molar-refractivity contribution in [2.45, 2.75) is 46.6 Å². The van der Waals surface area contributed by atoms with Crippen LogP contribution in [0.15, 0.2) is 4.99 Å². The number of aliphatic imine (C=N–C) groups is 1. The van der Waals surface area contributed by atoms with Crippen LogP contribution in [0.25, 0.3) is 0 Å². The number of ether oxygens (including phenoxy) is 1. The van der Waals surface area contributed by atoms with Gasteiger partial charge < -0.3 is 4.74 Å². The van der Waals surface area contributed by atoms with Gasteiger partial charge in [-0.05, 0) is 33.1 Å². The lowest BCUT2D eigenvalue weighted by atomic mass is 10.1. The molecule has 0 saturated heterocycles. The van der Waals surface area contributed by atoms with Crippen LogP contribution in [0.5, 0.6) is 0 Å². The number of hydrogen-bond acceptors (Lipinski definition) is 5. The molecule has 0 radical (unpaired) electrons. The third-order valence-corrected chi connectivity index (χ3v) is 2.04. The molecule has 6 heteroatoms. The molecule has 6 nitrogen and oxygen atoms in total. The molecule has 0 aliphatic heterocycles. The second-order valence-electron chi connectivity index (χ2n) is 5.53. The van der Waals surface area contributed by atoms with Crippen LogP contribution in [0.3, 0.4) is 0 Å². The molecule has 0 atom stereocenters. The van der Waals surface area contributed by atoms with Crippen molar-refractivity contribution in [3.63, 3.8) is 0 Å². The summed E-state index contributed by atoms with van der Waals surface area (Å²) in [5.41, 5.74) is -0.418. The van der Waals surface area contributed by atoms with Crippen LogP contribution >= 0.6 is 0 Å². The number of hydroxylamine groups is 2. The summed E-state index contributed by atoms with van der Waals surface area (Å²) in [5.74, 6) is -0.340. The van der Waals surface area contributed by atoms with Gasteiger partial charge in [0, 0.05) is 7.05 Å². The third kappa shape index (κ3) is 6.33. The summed E-state index contributed by atoms with van der Waals surface area (Å²) in [6.07, 6.45) is -0.372. The lowest BCUT2D eigenvalue weighted by Gasteiger charge is -2.24. The van der Waals surface area contributed by atoms with E-state index >= 15 is 0 Å². The average Bonchev–Trinajstić information content (AvgIpc) is 2.23. The third-order valence-electron chi connectivity index (χ3n) is 2.04. The first kappa shape index (κ1) is 17.6. The van der Waals surface area contributed by atoms with Crippen LogP contribution in [-0.4, -0.2) is 42.5 Å². The Morgan fingerprint density at radius 3 is 2.11 bits per heavy atom. The highest BCUT2D eigenvalue weighted by atomic mass is 16.7. The zero-order valence-corrected chi connectivity index (χ0v) is 12.8. The van der Waals surface area contributed by atoms with E-state index in [0.29, 0.717) is 11.5 Å². The van der Waals surface area contributed by atoms with E-state index in [1.54, 1.807) is 20.8 Å². The minimum atomic E-state index is -0.843. The van der Waals surface area contributed by atoms with Crippen molar-refractivity contribution in [3.05, 3.63) is 0 Å². The van der Waals surface area contributed by atoms with Gasteiger partial charge in [-0.25, -0.2) is 4.79 Å². The highest BCUT2D eigenvalue weighted by Gasteiger charge is 2.30. The first-order valence-electron chi connectivity index (χ1n) is 6.19. The molecule has 19 heavy (non-hydrogen) atoms. The minimum Gasteiger partial charge on any atom is -0.442 e. The predicted molar refractivity (Wildman–Crippen MR) is 72.9 cm³/mol. The number of imide groups is 1. The van der Waals surface area contributed by atoms with Gasteiger partial charge in [0.15, 0.2) is 0 Å². The van der Waals surface area contributed by atoms with Crippen LogP contribution in [0.4, 0.5) is 4.79 Å². The van der Waals surface area contributed by atoms with Crippen molar-refractivity contribution in [1.29, 1.82) is 0 Å². The second kappa shape index (κ2) is 7.23. The summed E-state index contributed by atoms with van der Waals surface area (Å²) in [7, 11) is 2.75. The number of amides is 2. The number of carbonyl (C=O) groups excluding carboxylic acids is 2. The monoisotopic (exact) mass is 272 g/mol. The summed E-state index contributed by atoms with van der Waals surface area (Å²) < 4.78 is 5.10. The van der Waals surface area contributed by atoms with E-state index in [4.69, 9.17) is 9.57 Å². The normalized spacial score (nSPS) is 12.5. The molecule has 0 aromatic carbocycles. The van der Waals surface area contributed by atoms with Crippen molar-refractivity contribution in [1.82, 2.24) is 5.06 Å². The van der Waals surface area contributed by atoms with Gasteiger partial charge in [0.2, 0.25) is 0 Å². The van der Waals surface area contributed by atoms with Gasteiger partial charge in [-0.15, -0.1) is 5.06 Å². The molecule has 0 aliphatic carbocycles. The molecule has 0 spiro atoms. The van der Waals surface area contributed by atoms with Crippen molar-refractivity contribution in [3.8, 4) is 0 Å². The van der Waals surface area contributed by atoms with Gasteiger partial charge in [-0.1, -0.05) is 13.8 Å². The maximum absolute atomic E-state index is 12.1. The van der Waals surface area contributed by atoms with E-state index in [2.05, 4.69) is 4.99 Å². The molecular formula is C13H24N2O4. The smallest absolute Gasteiger partial charge is 0.442 e. The van der Waals surface area contributed by atoms with E-state index in [0.717, 1.165) is 0 Å². The van der Waals surface area contributed by atoms with Gasteiger partial charge in [0.05, 0.1) is 7.11 Å². The van der Waals surface area contributed by atoms with Crippen LogP contribution in [0.1, 0.15) is 41.0 Å².